The van der Waals surface area contributed by atoms with Crippen molar-refractivity contribution in [2.45, 2.75) is 71.3 Å². The summed E-state index contributed by atoms with van der Waals surface area (Å²) in [7, 11) is 1.54. The first-order chi connectivity index (χ1) is 20.1. The van der Waals surface area contributed by atoms with E-state index in [9.17, 15) is 19.5 Å². The Morgan fingerprint density at radius 2 is 1.95 bits per heavy atom. The van der Waals surface area contributed by atoms with Crippen LogP contribution in [0.1, 0.15) is 70.8 Å². The number of carbonyl (C=O) groups is 3. The van der Waals surface area contributed by atoms with Crippen LogP contribution >= 0.6 is 0 Å². The van der Waals surface area contributed by atoms with E-state index in [4.69, 9.17) is 19.9 Å². The van der Waals surface area contributed by atoms with Crippen molar-refractivity contribution in [3.8, 4) is 17.2 Å². The van der Waals surface area contributed by atoms with Crippen molar-refractivity contribution in [3.63, 3.8) is 0 Å². The van der Waals surface area contributed by atoms with Crippen LogP contribution in [0.15, 0.2) is 12.1 Å². The van der Waals surface area contributed by atoms with Gasteiger partial charge in [0.05, 0.1) is 19.6 Å². The van der Waals surface area contributed by atoms with Crippen LogP contribution in [0.4, 0.5) is 0 Å². The zero-order valence-electron chi connectivity index (χ0n) is 25.6. The van der Waals surface area contributed by atoms with Crippen molar-refractivity contribution in [1.82, 2.24) is 14.7 Å². The monoisotopic (exact) mass is 588 g/mol. The van der Waals surface area contributed by atoms with E-state index in [0.717, 1.165) is 31.2 Å². The van der Waals surface area contributed by atoms with Crippen molar-refractivity contribution in [2.75, 3.05) is 59.7 Å². The molecule has 0 aliphatic carbocycles. The summed E-state index contributed by atoms with van der Waals surface area (Å²) in [4.78, 5) is 45.1. The van der Waals surface area contributed by atoms with Gasteiger partial charge < -0.3 is 34.9 Å². The van der Waals surface area contributed by atoms with Gasteiger partial charge in [-0.25, -0.2) is 0 Å². The Balaban J connectivity index is 1.62. The summed E-state index contributed by atoms with van der Waals surface area (Å²) in [6.45, 7) is 9.81. The highest BCUT2D eigenvalue weighted by molar-refractivity contribution is 5.80. The minimum atomic E-state index is -0.921. The number of carboxylic acid groups (broad SMARTS) is 1. The summed E-state index contributed by atoms with van der Waals surface area (Å²) in [6.07, 6.45) is 4.50. The second-order valence-corrected chi connectivity index (χ2v) is 12.6. The van der Waals surface area contributed by atoms with Crippen LogP contribution in [0, 0.1) is 11.3 Å². The number of aliphatic carboxylic acids is 1. The molecular weight excluding hydrogens is 540 g/mol. The molecule has 2 amide bonds. The smallest absolute Gasteiger partial charge is 0.308 e. The molecule has 0 saturated carbocycles. The van der Waals surface area contributed by atoms with Crippen molar-refractivity contribution < 1.29 is 33.7 Å². The normalized spacial score (nSPS) is 23.0. The van der Waals surface area contributed by atoms with Crippen LogP contribution in [-0.2, 0) is 14.4 Å². The van der Waals surface area contributed by atoms with Gasteiger partial charge in [0.25, 0.3) is 0 Å². The molecule has 0 unspecified atom stereocenters. The van der Waals surface area contributed by atoms with Crippen molar-refractivity contribution in [3.05, 3.63) is 17.7 Å². The molecule has 2 fully saturated rings. The minimum absolute atomic E-state index is 0.00286. The number of ether oxygens (including phenoxy) is 3. The van der Waals surface area contributed by atoms with E-state index < -0.39 is 23.8 Å². The maximum absolute atomic E-state index is 13.7. The number of amides is 2. The third kappa shape index (κ3) is 7.29. The number of likely N-dealkylation sites (tertiary alicyclic amines) is 2. The average Bonchev–Trinajstić information content (AvgIpc) is 3.63. The van der Waals surface area contributed by atoms with E-state index in [1.54, 1.807) is 7.11 Å². The van der Waals surface area contributed by atoms with Crippen molar-refractivity contribution in [1.29, 1.82) is 0 Å². The van der Waals surface area contributed by atoms with Gasteiger partial charge >= 0.3 is 5.97 Å². The summed E-state index contributed by atoms with van der Waals surface area (Å²) >= 11 is 0. The minimum Gasteiger partial charge on any atom is -0.493 e. The van der Waals surface area contributed by atoms with Gasteiger partial charge in [-0.1, -0.05) is 27.2 Å². The second kappa shape index (κ2) is 13.9. The fourth-order valence-electron chi connectivity index (χ4n) is 6.66. The zero-order chi connectivity index (χ0) is 30.4. The third-order valence-electron chi connectivity index (χ3n) is 8.79. The predicted molar refractivity (Wildman–Crippen MR) is 158 cm³/mol. The van der Waals surface area contributed by atoms with E-state index in [0.29, 0.717) is 69.4 Å². The molecule has 4 rings (SSSR count). The number of rotatable bonds is 15. The number of carboxylic acids is 1. The lowest BCUT2D eigenvalue weighted by Gasteiger charge is -2.31. The predicted octanol–water partition coefficient (Wildman–Crippen LogP) is 2.91. The number of unbranched alkanes of at least 4 members (excludes halogenated alkanes) is 2. The molecule has 0 bridgehead atoms. The van der Waals surface area contributed by atoms with Crippen LogP contribution in [0.5, 0.6) is 17.2 Å². The molecule has 11 nitrogen and oxygen atoms in total. The number of hydrogen-bond acceptors (Lipinski definition) is 8. The SMILES string of the molecule is CCCCN(CCCCN)C(=O)CN1C[C@H](c2cc(OC)c3c(c2)OCO3)[C@@H](C(=O)O)[C@@H]1CCN1CC(C)(C)CC1=O. The molecule has 3 aliphatic heterocycles. The van der Waals surface area contributed by atoms with Crippen LogP contribution in [0.2, 0.25) is 0 Å². The van der Waals surface area contributed by atoms with Crippen molar-refractivity contribution in [2.24, 2.45) is 17.1 Å². The van der Waals surface area contributed by atoms with E-state index in [2.05, 4.69) is 20.8 Å². The first-order valence-corrected chi connectivity index (χ1v) is 15.3. The van der Waals surface area contributed by atoms with Gasteiger partial charge in [-0.05, 0) is 55.3 Å². The highest BCUT2D eigenvalue weighted by Gasteiger charge is 2.48. The first kappa shape index (κ1) is 31.9. The largest absolute Gasteiger partial charge is 0.493 e. The van der Waals surface area contributed by atoms with E-state index >= 15 is 0 Å². The molecule has 0 radical (unpaired) electrons. The molecule has 11 heteroatoms. The molecule has 0 aromatic heterocycles. The number of hydrogen-bond donors (Lipinski definition) is 2. The molecule has 3 N–H and O–H groups in total. The molecule has 42 heavy (non-hydrogen) atoms. The summed E-state index contributed by atoms with van der Waals surface area (Å²) in [5.74, 6) is -0.497. The molecule has 3 heterocycles. The van der Waals surface area contributed by atoms with Gasteiger partial charge in [-0.2, -0.15) is 0 Å². The van der Waals surface area contributed by atoms with Gasteiger partial charge in [0, 0.05) is 51.1 Å². The van der Waals surface area contributed by atoms with E-state index in [-0.39, 0.29) is 30.6 Å². The van der Waals surface area contributed by atoms with Gasteiger partial charge in [0.1, 0.15) is 0 Å². The molecule has 3 atom stereocenters. The van der Waals surface area contributed by atoms with Gasteiger partial charge in [0.2, 0.25) is 24.4 Å². The molecule has 1 aromatic carbocycles. The third-order valence-corrected chi connectivity index (χ3v) is 8.79. The Hall–Kier alpha value is -3.05. The summed E-state index contributed by atoms with van der Waals surface area (Å²) in [6, 6.07) is 3.23. The number of methoxy groups -OCH3 is 1. The van der Waals surface area contributed by atoms with Crippen LogP contribution in [-0.4, -0.2) is 103 Å². The Morgan fingerprint density at radius 3 is 2.60 bits per heavy atom. The molecule has 2 saturated heterocycles. The fourth-order valence-corrected chi connectivity index (χ4v) is 6.66. The molecule has 1 aromatic rings. The van der Waals surface area contributed by atoms with E-state index in [1.807, 2.05) is 26.8 Å². The summed E-state index contributed by atoms with van der Waals surface area (Å²) in [5, 5.41) is 10.6. The van der Waals surface area contributed by atoms with Gasteiger partial charge in [-0.15, -0.1) is 0 Å². The zero-order valence-corrected chi connectivity index (χ0v) is 25.6. The lowest BCUT2D eigenvalue weighted by Crippen LogP contribution is -2.46. The standard InChI is InChI=1S/C31H48N4O7/c1-5-6-11-33(12-8-7-10-32)27(37)18-35-17-22(21-14-24(40-4)29-25(15-21)41-20-42-29)28(30(38)39)23(35)9-13-34-19-31(2,3)16-26(34)36/h14-15,22-23,28H,5-13,16-20,32H2,1-4H3,(H,38,39)/t22-,23+,28-/m1/s1. The highest BCUT2D eigenvalue weighted by atomic mass is 16.7. The second-order valence-electron chi connectivity index (χ2n) is 12.6. The Bertz CT molecular complexity index is 1130. The topological polar surface area (TPSA) is 135 Å². The molecule has 0 spiro atoms. The fraction of sp³-hybridized carbons (Fsp3) is 0.710. The van der Waals surface area contributed by atoms with Crippen molar-refractivity contribution >= 4 is 17.8 Å². The Kier molecular flexibility index (Phi) is 10.6. The number of carbonyl (C=O) groups excluding carboxylic acids is 2. The van der Waals surface area contributed by atoms with Crippen LogP contribution in [0.25, 0.3) is 0 Å². The molecular formula is C31H48N4O7. The van der Waals surface area contributed by atoms with Crippen LogP contribution < -0.4 is 19.9 Å². The first-order valence-electron chi connectivity index (χ1n) is 15.3. The maximum Gasteiger partial charge on any atom is 0.308 e. The number of nitrogens with zero attached hydrogens (tertiary/aromatic N) is 3. The Labute approximate surface area is 249 Å². The van der Waals surface area contributed by atoms with Gasteiger partial charge in [-0.3, -0.25) is 19.3 Å². The quantitative estimate of drug-likeness (QED) is 0.297. The summed E-state index contributed by atoms with van der Waals surface area (Å²) < 4.78 is 16.8. The Morgan fingerprint density at radius 1 is 1.19 bits per heavy atom. The highest BCUT2D eigenvalue weighted by Crippen LogP contribution is 2.47. The maximum atomic E-state index is 13.7. The lowest BCUT2D eigenvalue weighted by molar-refractivity contribution is -0.144. The molecule has 3 aliphatic rings. The lowest BCUT2D eigenvalue weighted by atomic mass is 9.84. The average molecular weight is 589 g/mol. The van der Waals surface area contributed by atoms with Gasteiger partial charge in [0.15, 0.2) is 11.5 Å². The van der Waals surface area contributed by atoms with E-state index in [1.165, 1.54) is 0 Å². The number of fused-ring (bicyclic) bond motifs is 1. The number of nitrogens with two attached hydrogens (primary N) is 1. The molecule has 234 valence electrons. The van der Waals surface area contributed by atoms with Crippen LogP contribution in [0.3, 0.4) is 0 Å². The summed E-state index contributed by atoms with van der Waals surface area (Å²) in [5.41, 5.74) is 6.36. The number of benzene rings is 1.